The summed E-state index contributed by atoms with van der Waals surface area (Å²) in [6, 6.07) is 0. The summed E-state index contributed by atoms with van der Waals surface area (Å²) < 4.78 is 0. The number of carbonyl (C=O) groups excluding carboxylic acids is 1. The number of hydrogen-bond acceptors (Lipinski definition) is 1. The Bertz CT molecular complexity index is 256. The van der Waals surface area contributed by atoms with Crippen molar-refractivity contribution < 1.29 is 4.79 Å². The Hall–Kier alpha value is -0.330. The van der Waals surface area contributed by atoms with Gasteiger partial charge in [0.2, 0.25) is 0 Å². The molecule has 0 heterocycles. The van der Waals surface area contributed by atoms with E-state index in [0.717, 1.165) is 18.3 Å². The highest BCUT2D eigenvalue weighted by atomic mass is 16.1. The molecule has 0 aliphatic heterocycles. The van der Waals surface area contributed by atoms with Crippen LogP contribution in [0, 0.1) is 22.7 Å². The molecule has 1 heteroatoms. The minimum absolute atomic E-state index is 0.123. The molecule has 0 saturated heterocycles. The van der Waals surface area contributed by atoms with Crippen molar-refractivity contribution in [3.8, 4) is 0 Å². The highest BCUT2D eigenvalue weighted by molar-refractivity contribution is 5.91. The van der Waals surface area contributed by atoms with E-state index in [1.165, 1.54) is 12.8 Å². The minimum atomic E-state index is 0.123. The number of ketones is 1. The van der Waals surface area contributed by atoms with Crippen LogP contribution in [0.15, 0.2) is 0 Å². The number of hydrogen-bond donors (Lipinski definition) is 0. The van der Waals surface area contributed by atoms with Crippen LogP contribution < -0.4 is 0 Å². The fourth-order valence-electron chi connectivity index (χ4n) is 4.07. The summed E-state index contributed by atoms with van der Waals surface area (Å²) in [5, 5.41) is 0. The van der Waals surface area contributed by atoms with Gasteiger partial charge in [0.15, 0.2) is 0 Å². The van der Waals surface area contributed by atoms with Gasteiger partial charge in [0.25, 0.3) is 0 Å². The van der Waals surface area contributed by atoms with E-state index in [9.17, 15) is 4.79 Å². The summed E-state index contributed by atoms with van der Waals surface area (Å²) in [5.41, 5.74) is 0.548. The van der Waals surface area contributed by atoms with Gasteiger partial charge in [0.05, 0.1) is 0 Å². The summed E-state index contributed by atoms with van der Waals surface area (Å²) in [5.74, 6) is 2.08. The first kappa shape index (κ1) is 6.22. The van der Waals surface area contributed by atoms with Crippen LogP contribution in [0.5, 0.6) is 0 Å². The molecule has 4 atom stereocenters. The molecule has 4 rings (SSSR count). The van der Waals surface area contributed by atoms with Crippen molar-refractivity contribution in [2.24, 2.45) is 22.7 Å². The van der Waals surface area contributed by atoms with Crippen LogP contribution in [-0.2, 0) is 4.79 Å². The Kier molecular flexibility index (Phi) is 0.733. The van der Waals surface area contributed by atoms with Crippen LogP contribution >= 0.6 is 0 Å². The Balaban J connectivity index is 2.20. The summed E-state index contributed by atoms with van der Waals surface area (Å²) in [6.45, 7) is 4.53. The molecule has 0 aromatic carbocycles. The molecule has 1 nitrogen and oxygen atoms in total. The molecule has 0 aromatic heterocycles. The predicted molar refractivity (Wildman–Crippen MR) is 42.1 cm³/mol. The topological polar surface area (TPSA) is 17.1 Å². The Morgan fingerprint density at radius 3 is 2.45 bits per heavy atom. The first-order chi connectivity index (χ1) is 5.09. The smallest absolute Gasteiger partial charge is 0.139 e. The zero-order valence-electron chi connectivity index (χ0n) is 7.18. The Morgan fingerprint density at radius 1 is 1.36 bits per heavy atom. The van der Waals surface area contributed by atoms with Gasteiger partial charge in [-0.15, -0.1) is 0 Å². The van der Waals surface area contributed by atoms with Crippen molar-refractivity contribution in [3.63, 3.8) is 0 Å². The zero-order valence-corrected chi connectivity index (χ0v) is 7.18. The van der Waals surface area contributed by atoms with Gasteiger partial charge in [-0.1, -0.05) is 13.8 Å². The van der Waals surface area contributed by atoms with E-state index in [0.29, 0.717) is 11.2 Å². The van der Waals surface area contributed by atoms with Gasteiger partial charge in [0.1, 0.15) is 5.78 Å². The maximum absolute atomic E-state index is 11.6. The van der Waals surface area contributed by atoms with E-state index in [4.69, 9.17) is 0 Å². The molecule has 0 spiro atoms. The van der Waals surface area contributed by atoms with E-state index < -0.39 is 0 Å². The molecule has 60 valence electrons. The molecule has 0 aromatic rings. The quantitative estimate of drug-likeness (QED) is 0.516. The molecule has 11 heavy (non-hydrogen) atoms. The van der Waals surface area contributed by atoms with Crippen molar-refractivity contribution in [3.05, 3.63) is 0 Å². The molecule has 4 aliphatic rings. The molecule has 0 amide bonds. The van der Waals surface area contributed by atoms with Gasteiger partial charge in [-0.25, -0.2) is 0 Å². The normalized spacial score (nSPS) is 65.1. The average Bonchev–Trinajstić information content (AvgIpc) is 2.40. The Morgan fingerprint density at radius 2 is 2.09 bits per heavy atom. The minimum Gasteiger partial charge on any atom is -0.299 e. The average molecular weight is 150 g/mol. The Labute approximate surface area is 67.2 Å². The predicted octanol–water partition coefficient (Wildman–Crippen LogP) is 2.01. The maximum atomic E-state index is 11.6. The zero-order chi connectivity index (χ0) is 7.85. The maximum Gasteiger partial charge on any atom is 0.139 e. The lowest BCUT2D eigenvalue weighted by molar-refractivity contribution is -0.142. The molecule has 4 fully saturated rings. The SMILES string of the molecule is CC12CC3CC1CC(=O)C32C. The fraction of sp³-hybridized carbons (Fsp3) is 0.900. The van der Waals surface area contributed by atoms with Crippen molar-refractivity contribution in [2.75, 3.05) is 0 Å². The van der Waals surface area contributed by atoms with Crippen LogP contribution in [0.25, 0.3) is 0 Å². The summed E-state index contributed by atoms with van der Waals surface area (Å²) in [7, 11) is 0. The van der Waals surface area contributed by atoms with Gasteiger partial charge in [-0.3, -0.25) is 4.79 Å². The van der Waals surface area contributed by atoms with Crippen molar-refractivity contribution in [1.82, 2.24) is 0 Å². The monoisotopic (exact) mass is 150 g/mol. The van der Waals surface area contributed by atoms with Gasteiger partial charge in [0, 0.05) is 11.8 Å². The second-order valence-corrected chi connectivity index (χ2v) is 5.08. The van der Waals surface area contributed by atoms with E-state index in [1.807, 2.05) is 0 Å². The summed E-state index contributed by atoms with van der Waals surface area (Å²) in [6.07, 6.45) is 3.57. The van der Waals surface area contributed by atoms with E-state index >= 15 is 0 Å². The van der Waals surface area contributed by atoms with Gasteiger partial charge < -0.3 is 0 Å². The van der Waals surface area contributed by atoms with Crippen molar-refractivity contribution >= 4 is 5.78 Å². The van der Waals surface area contributed by atoms with Crippen LogP contribution in [-0.4, -0.2) is 5.78 Å². The van der Waals surface area contributed by atoms with Crippen LogP contribution in [0.4, 0.5) is 0 Å². The van der Waals surface area contributed by atoms with Crippen LogP contribution in [0.2, 0.25) is 0 Å². The second kappa shape index (κ2) is 1.30. The molecule has 4 unspecified atom stereocenters. The lowest BCUT2D eigenvalue weighted by Gasteiger charge is -2.51. The fourth-order valence-corrected chi connectivity index (χ4v) is 4.07. The number of carbonyl (C=O) groups is 1. The van der Waals surface area contributed by atoms with E-state index in [1.54, 1.807) is 0 Å². The molecular weight excluding hydrogens is 136 g/mol. The largest absolute Gasteiger partial charge is 0.299 e. The molecule has 4 saturated carbocycles. The number of Topliss-reactive ketones (excluding diaryl/α,β-unsaturated/α-hetero) is 1. The highest BCUT2D eigenvalue weighted by Crippen LogP contribution is 2.78. The number of rotatable bonds is 0. The molecule has 0 radical (unpaired) electrons. The standard InChI is InChI=1S/C10H14O/c1-9-5-7-3-6(9)4-8(11)10(7,9)2/h6-7H,3-5H2,1-2H3. The third-order valence-corrected chi connectivity index (χ3v) is 5.15. The first-order valence-corrected chi connectivity index (χ1v) is 4.62. The summed E-state index contributed by atoms with van der Waals surface area (Å²) >= 11 is 0. The van der Waals surface area contributed by atoms with Crippen molar-refractivity contribution in [2.45, 2.75) is 33.1 Å². The lowest BCUT2D eigenvalue weighted by atomic mass is 9.51. The molecule has 0 N–H and O–H groups in total. The lowest BCUT2D eigenvalue weighted by Crippen LogP contribution is -2.50. The molecule has 4 bridgehead atoms. The summed E-state index contributed by atoms with van der Waals surface area (Å²) in [4.78, 5) is 11.6. The van der Waals surface area contributed by atoms with E-state index in [2.05, 4.69) is 13.8 Å². The van der Waals surface area contributed by atoms with Crippen LogP contribution in [0.1, 0.15) is 33.1 Å². The highest BCUT2D eigenvalue weighted by Gasteiger charge is 2.75. The van der Waals surface area contributed by atoms with Gasteiger partial charge in [-0.05, 0) is 30.1 Å². The molecular formula is C10H14O. The second-order valence-electron chi connectivity index (χ2n) is 5.08. The molecule has 4 aliphatic carbocycles. The van der Waals surface area contributed by atoms with Gasteiger partial charge >= 0.3 is 0 Å². The van der Waals surface area contributed by atoms with Crippen molar-refractivity contribution in [1.29, 1.82) is 0 Å². The van der Waals surface area contributed by atoms with Crippen LogP contribution in [0.3, 0.4) is 0 Å². The van der Waals surface area contributed by atoms with Gasteiger partial charge in [-0.2, -0.15) is 0 Å². The third kappa shape index (κ3) is 0.361. The van der Waals surface area contributed by atoms with E-state index in [-0.39, 0.29) is 5.41 Å². The first-order valence-electron chi connectivity index (χ1n) is 4.62. The third-order valence-electron chi connectivity index (χ3n) is 5.15.